The Kier molecular flexibility index (Phi) is 7.50. The monoisotopic (exact) mass is 447 g/mol. The topological polar surface area (TPSA) is 54.2 Å². The highest BCUT2D eigenvalue weighted by Gasteiger charge is 2.33. The summed E-state index contributed by atoms with van der Waals surface area (Å²) < 4.78 is 55.0. The minimum Gasteiger partial charge on any atom is -0.357 e. The Morgan fingerprint density at radius 3 is 2.56 bits per heavy atom. The smallest absolute Gasteiger partial charge is 0.357 e. The number of hydrogen-bond donors (Lipinski definition) is 2. The predicted octanol–water partition coefficient (Wildman–Crippen LogP) is 4.65. The Hall–Kier alpha value is -3.36. The minimum atomic E-state index is -4.64. The molecule has 1 heterocycles. The summed E-state index contributed by atoms with van der Waals surface area (Å²) in [6.07, 6.45) is -0.968. The number of imidazole rings is 1. The first kappa shape index (κ1) is 23.3. The number of nitrogens with one attached hydrogen (secondary N) is 2. The zero-order chi connectivity index (χ0) is 23.1. The number of alkyl halides is 3. The minimum absolute atomic E-state index is 0.0535. The predicted molar refractivity (Wildman–Crippen MR) is 116 cm³/mol. The zero-order valence-electron chi connectivity index (χ0n) is 17.9. The Morgan fingerprint density at radius 1 is 1.09 bits per heavy atom. The lowest BCUT2D eigenvalue weighted by Gasteiger charge is -2.16. The number of aryl methyl sites for hydroxylation is 1. The molecule has 2 aromatic carbocycles. The summed E-state index contributed by atoms with van der Waals surface area (Å²) in [5, 5.41) is 5.92. The molecule has 0 aliphatic heterocycles. The van der Waals surface area contributed by atoms with Crippen LogP contribution in [-0.2, 0) is 25.8 Å². The molecule has 0 amide bonds. The van der Waals surface area contributed by atoms with Crippen molar-refractivity contribution in [1.29, 1.82) is 0 Å². The van der Waals surface area contributed by atoms with Gasteiger partial charge in [0.05, 0.1) is 12.1 Å². The average molecular weight is 447 g/mol. The van der Waals surface area contributed by atoms with Gasteiger partial charge in [-0.05, 0) is 42.7 Å². The third-order valence-corrected chi connectivity index (χ3v) is 4.86. The molecule has 170 valence electrons. The molecule has 0 saturated carbocycles. The van der Waals surface area contributed by atoms with Crippen LogP contribution in [-0.4, -0.2) is 22.1 Å². The fourth-order valence-corrected chi connectivity index (χ4v) is 3.25. The molecule has 0 radical (unpaired) electrons. The molecule has 0 atom stereocenters. The van der Waals surface area contributed by atoms with Crippen molar-refractivity contribution in [2.45, 2.75) is 39.7 Å². The summed E-state index contributed by atoms with van der Waals surface area (Å²) in [4.78, 5) is 8.70. The molecule has 0 saturated heterocycles. The van der Waals surface area contributed by atoms with Crippen LogP contribution in [0.2, 0.25) is 0 Å². The summed E-state index contributed by atoms with van der Waals surface area (Å²) >= 11 is 0. The van der Waals surface area contributed by atoms with Gasteiger partial charge in [0.25, 0.3) is 0 Å². The van der Waals surface area contributed by atoms with E-state index < -0.39 is 17.6 Å². The number of nitrogens with zero attached hydrogens (tertiary/aromatic N) is 3. The molecule has 0 spiro atoms. The van der Waals surface area contributed by atoms with Crippen LogP contribution in [0.5, 0.6) is 0 Å². The van der Waals surface area contributed by atoms with E-state index >= 15 is 0 Å². The first-order chi connectivity index (χ1) is 15.3. The normalized spacial score (nSPS) is 12.1. The summed E-state index contributed by atoms with van der Waals surface area (Å²) in [5.74, 6) is 0.374. The molecule has 3 aromatic rings. The van der Waals surface area contributed by atoms with Gasteiger partial charge >= 0.3 is 6.18 Å². The maximum absolute atomic E-state index is 13.3. The Labute approximate surface area is 184 Å². The van der Waals surface area contributed by atoms with Crippen LogP contribution in [0.3, 0.4) is 0 Å². The Bertz CT molecular complexity index is 1070. The van der Waals surface area contributed by atoms with E-state index in [0.29, 0.717) is 31.7 Å². The second kappa shape index (κ2) is 10.3. The van der Waals surface area contributed by atoms with Gasteiger partial charge in [-0.2, -0.15) is 13.2 Å². The lowest BCUT2D eigenvalue weighted by Crippen LogP contribution is -2.37. The van der Waals surface area contributed by atoms with Crippen molar-refractivity contribution in [3.8, 4) is 0 Å². The van der Waals surface area contributed by atoms with Gasteiger partial charge in [0.2, 0.25) is 0 Å². The quantitative estimate of drug-likeness (QED) is 0.315. The Balaban J connectivity index is 1.70. The van der Waals surface area contributed by atoms with Gasteiger partial charge < -0.3 is 15.2 Å². The van der Waals surface area contributed by atoms with Crippen molar-refractivity contribution in [3.63, 3.8) is 0 Å². The maximum Gasteiger partial charge on any atom is 0.416 e. The van der Waals surface area contributed by atoms with Gasteiger partial charge in [-0.15, -0.1) is 0 Å². The van der Waals surface area contributed by atoms with Crippen LogP contribution >= 0.6 is 0 Å². The molecule has 2 N–H and O–H groups in total. The van der Waals surface area contributed by atoms with E-state index in [9.17, 15) is 17.6 Å². The van der Waals surface area contributed by atoms with Crippen LogP contribution < -0.4 is 10.6 Å². The summed E-state index contributed by atoms with van der Waals surface area (Å²) in [6, 6.07) is 10.6. The lowest BCUT2D eigenvalue weighted by molar-refractivity contribution is -0.138. The highest BCUT2D eigenvalue weighted by atomic mass is 19.4. The first-order valence-electron chi connectivity index (χ1n) is 10.2. The molecular weight excluding hydrogens is 422 g/mol. The van der Waals surface area contributed by atoms with Gasteiger partial charge in [-0.3, -0.25) is 0 Å². The van der Waals surface area contributed by atoms with E-state index in [1.165, 1.54) is 0 Å². The molecule has 0 fully saturated rings. The van der Waals surface area contributed by atoms with Crippen molar-refractivity contribution in [2.24, 2.45) is 4.99 Å². The van der Waals surface area contributed by atoms with Gasteiger partial charge in [-0.25, -0.2) is 14.4 Å². The number of guanidine groups is 1. The third-order valence-electron chi connectivity index (χ3n) is 4.86. The second-order valence-electron chi connectivity index (χ2n) is 7.27. The fraction of sp³-hybridized carbons (Fsp3) is 0.304. The lowest BCUT2D eigenvalue weighted by atomic mass is 10.1. The molecule has 32 heavy (non-hydrogen) atoms. The largest absolute Gasteiger partial charge is 0.416 e. The maximum atomic E-state index is 13.3. The summed E-state index contributed by atoms with van der Waals surface area (Å²) in [7, 11) is 0. The number of hydrogen-bond acceptors (Lipinski definition) is 2. The third kappa shape index (κ3) is 6.32. The van der Waals surface area contributed by atoms with Gasteiger partial charge in [0.15, 0.2) is 5.96 Å². The summed E-state index contributed by atoms with van der Waals surface area (Å²) in [5.41, 5.74) is 1.01. The van der Waals surface area contributed by atoms with Crippen LogP contribution in [0, 0.1) is 12.7 Å². The average Bonchev–Trinajstić information content (AvgIpc) is 3.14. The molecular formula is C23H25F4N5. The fourth-order valence-electron chi connectivity index (χ4n) is 3.25. The molecule has 3 rings (SSSR count). The number of rotatable bonds is 7. The van der Waals surface area contributed by atoms with Gasteiger partial charge in [0.1, 0.15) is 11.6 Å². The molecule has 0 unspecified atom stereocenters. The Morgan fingerprint density at radius 2 is 1.88 bits per heavy atom. The molecule has 5 nitrogen and oxygen atoms in total. The van der Waals surface area contributed by atoms with Crippen molar-refractivity contribution in [2.75, 3.05) is 6.54 Å². The number of halogens is 4. The second-order valence-corrected chi connectivity index (χ2v) is 7.27. The van der Waals surface area contributed by atoms with E-state index in [4.69, 9.17) is 0 Å². The van der Waals surface area contributed by atoms with Crippen molar-refractivity contribution >= 4 is 5.96 Å². The van der Waals surface area contributed by atoms with Crippen LogP contribution in [0.1, 0.15) is 35.0 Å². The summed E-state index contributed by atoms with van der Waals surface area (Å²) in [6.45, 7) is 5.24. The van der Waals surface area contributed by atoms with Crippen molar-refractivity contribution in [3.05, 3.63) is 88.8 Å². The molecule has 0 aliphatic rings. The van der Waals surface area contributed by atoms with E-state index in [2.05, 4.69) is 20.6 Å². The van der Waals surface area contributed by atoms with E-state index in [1.54, 1.807) is 6.20 Å². The number of aliphatic imine (C=N–C) groups is 1. The van der Waals surface area contributed by atoms with Gasteiger partial charge in [0, 0.05) is 32.0 Å². The number of aromatic nitrogens is 2. The molecule has 9 heteroatoms. The molecule has 0 aliphatic carbocycles. The van der Waals surface area contributed by atoms with Crippen LogP contribution in [0.15, 0.2) is 59.9 Å². The molecule has 0 bridgehead atoms. The van der Waals surface area contributed by atoms with Gasteiger partial charge in [-0.1, -0.05) is 30.3 Å². The SMILES string of the molecule is CCNC(=NCc1cccc(Cn2ccnc2C)c1)NCc1ccc(F)cc1C(F)(F)F. The highest BCUT2D eigenvalue weighted by molar-refractivity contribution is 5.79. The highest BCUT2D eigenvalue weighted by Crippen LogP contribution is 2.32. The van der Waals surface area contributed by atoms with Crippen LogP contribution in [0.25, 0.3) is 0 Å². The van der Waals surface area contributed by atoms with Crippen molar-refractivity contribution in [1.82, 2.24) is 20.2 Å². The number of benzene rings is 2. The zero-order valence-corrected chi connectivity index (χ0v) is 17.9. The van der Waals surface area contributed by atoms with Crippen molar-refractivity contribution < 1.29 is 17.6 Å². The molecule has 1 aromatic heterocycles. The van der Waals surface area contributed by atoms with Crippen LogP contribution in [0.4, 0.5) is 17.6 Å². The first-order valence-corrected chi connectivity index (χ1v) is 10.2. The standard InChI is InChI=1S/C23H25F4N5/c1-3-28-22(31-14-19-7-8-20(24)12-21(19)23(25,26)27)30-13-17-5-4-6-18(11-17)15-32-10-9-29-16(32)2/h4-12H,3,13-15H2,1-2H3,(H2,28,30,31). The van der Waals surface area contributed by atoms with E-state index in [1.807, 2.05) is 48.9 Å². The van der Waals surface area contributed by atoms with E-state index in [-0.39, 0.29) is 12.1 Å². The van der Waals surface area contributed by atoms with E-state index in [0.717, 1.165) is 29.1 Å².